The Bertz CT molecular complexity index is 859. The fourth-order valence-electron chi connectivity index (χ4n) is 5.74. The highest BCUT2D eigenvalue weighted by Crippen LogP contribution is 2.39. The number of aryl methyl sites for hydroxylation is 1. The van der Waals surface area contributed by atoms with Crippen LogP contribution in [0.5, 0.6) is 0 Å². The molecule has 2 aliphatic rings. The van der Waals surface area contributed by atoms with Gasteiger partial charge in [-0.25, -0.2) is 8.78 Å². The summed E-state index contributed by atoms with van der Waals surface area (Å²) in [6, 6.07) is 11.2. The molecule has 2 aromatic rings. The summed E-state index contributed by atoms with van der Waals surface area (Å²) in [5.41, 5.74) is 2.61. The predicted molar refractivity (Wildman–Crippen MR) is 128 cm³/mol. The molecule has 0 radical (unpaired) electrons. The molecule has 0 spiro atoms. The summed E-state index contributed by atoms with van der Waals surface area (Å²) in [6.45, 7) is 4.64. The van der Waals surface area contributed by atoms with Gasteiger partial charge in [-0.2, -0.15) is 0 Å². The second-order valence-electron chi connectivity index (χ2n) is 10.1. The Balaban J connectivity index is 1.28. The van der Waals surface area contributed by atoms with Gasteiger partial charge < -0.3 is 4.74 Å². The topological polar surface area (TPSA) is 9.23 Å². The first-order valence-electron chi connectivity index (χ1n) is 12.7. The van der Waals surface area contributed by atoms with Crippen LogP contribution in [0.2, 0.25) is 0 Å². The van der Waals surface area contributed by atoms with E-state index in [-0.39, 0.29) is 0 Å². The van der Waals surface area contributed by atoms with Crippen molar-refractivity contribution in [2.45, 2.75) is 90.1 Å². The van der Waals surface area contributed by atoms with E-state index in [0.29, 0.717) is 23.1 Å². The summed E-state index contributed by atoms with van der Waals surface area (Å²) in [5, 5.41) is 0. The highest BCUT2D eigenvalue weighted by molar-refractivity contribution is 5.65. The molecule has 1 aliphatic carbocycles. The second kappa shape index (κ2) is 10.9. The molecule has 1 saturated heterocycles. The molecule has 0 N–H and O–H groups in total. The minimum atomic E-state index is -0.762. The molecule has 2 unspecified atom stereocenters. The average Bonchev–Trinajstić information content (AvgIpc) is 2.84. The molecule has 2 fully saturated rings. The van der Waals surface area contributed by atoms with Crippen molar-refractivity contribution in [3.63, 3.8) is 0 Å². The van der Waals surface area contributed by atoms with Crippen LogP contribution in [0.25, 0.3) is 11.1 Å². The molecular formula is C29H38F2O. The van der Waals surface area contributed by atoms with E-state index in [4.69, 9.17) is 4.74 Å². The van der Waals surface area contributed by atoms with E-state index < -0.39 is 11.6 Å². The first-order valence-corrected chi connectivity index (χ1v) is 12.7. The molecule has 0 amide bonds. The van der Waals surface area contributed by atoms with Crippen LogP contribution in [0.4, 0.5) is 8.78 Å². The molecule has 1 saturated carbocycles. The summed E-state index contributed by atoms with van der Waals surface area (Å²) >= 11 is 0. The molecule has 1 nitrogen and oxygen atoms in total. The molecule has 3 heteroatoms. The third-order valence-corrected chi connectivity index (χ3v) is 7.91. The van der Waals surface area contributed by atoms with E-state index in [0.717, 1.165) is 36.8 Å². The third kappa shape index (κ3) is 5.42. The molecule has 174 valence electrons. The molecular weight excluding hydrogens is 402 g/mol. The lowest BCUT2D eigenvalue weighted by molar-refractivity contribution is -0.0436. The Morgan fingerprint density at radius 3 is 2.25 bits per heavy atom. The molecule has 1 aliphatic heterocycles. The van der Waals surface area contributed by atoms with E-state index in [9.17, 15) is 8.78 Å². The monoisotopic (exact) mass is 440 g/mol. The van der Waals surface area contributed by atoms with Crippen molar-refractivity contribution in [3.8, 4) is 11.1 Å². The SMILES string of the molecule is CCCCCC1CCC(C2CCC(c3ccc(-c4ccc(C)c(F)c4F)cc3)CO2)CC1. The number of halogens is 2. The first-order chi connectivity index (χ1) is 15.6. The zero-order valence-electron chi connectivity index (χ0n) is 19.7. The van der Waals surface area contributed by atoms with Crippen LogP contribution in [0.15, 0.2) is 36.4 Å². The highest BCUT2D eigenvalue weighted by atomic mass is 19.2. The van der Waals surface area contributed by atoms with Gasteiger partial charge in [-0.1, -0.05) is 81.8 Å². The lowest BCUT2D eigenvalue weighted by Crippen LogP contribution is -2.33. The van der Waals surface area contributed by atoms with Gasteiger partial charge in [0.2, 0.25) is 0 Å². The quantitative estimate of drug-likeness (QED) is 0.392. The van der Waals surface area contributed by atoms with Crippen molar-refractivity contribution in [1.29, 1.82) is 0 Å². The van der Waals surface area contributed by atoms with Crippen LogP contribution in [0.3, 0.4) is 0 Å². The van der Waals surface area contributed by atoms with Gasteiger partial charge in [0.1, 0.15) is 0 Å². The number of unbranched alkanes of at least 4 members (excludes halogenated alkanes) is 2. The van der Waals surface area contributed by atoms with Gasteiger partial charge >= 0.3 is 0 Å². The van der Waals surface area contributed by atoms with Crippen LogP contribution in [0, 0.1) is 30.4 Å². The van der Waals surface area contributed by atoms with Gasteiger partial charge in [-0.05, 0) is 61.1 Å². The van der Waals surface area contributed by atoms with E-state index in [2.05, 4.69) is 19.1 Å². The fraction of sp³-hybridized carbons (Fsp3) is 0.586. The summed E-state index contributed by atoms with van der Waals surface area (Å²) in [6.07, 6.45) is 13.7. The second-order valence-corrected chi connectivity index (χ2v) is 10.1. The smallest absolute Gasteiger partial charge is 0.166 e. The van der Waals surface area contributed by atoms with Crippen molar-refractivity contribution in [1.82, 2.24) is 0 Å². The molecule has 2 atom stereocenters. The first kappa shape index (κ1) is 23.4. The van der Waals surface area contributed by atoms with Crippen LogP contribution in [-0.4, -0.2) is 12.7 Å². The summed E-state index contributed by atoms with van der Waals surface area (Å²) < 4.78 is 34.6. The van der Waals surface area contributed by atoms with Gasteiger partial charge in [-0.3, -0.25) is 0 Å². The van der Waals surface area contributed by atoms with E-state index >= 15 is 0 Å². The summed E-state index contributed by atoms with van der Waals surface area (Å²) in [7, 11) is 0. The van der Waals surface area contributed by atoms with E-state index in [1.165, 1.54) is 56.9 Å². The summed E-state index contributed by atoms with van der Waals surface area (Å²) in [4.78, 5) is 0. The Morgan fingerprint density at radius 2 is 1.59 bits per heavy atom. The van der Waals surface area contributed by atoms with Gasteiger partial charge in [0.15, 0.2) is 11.6 Å². The number of rotatable bonds is 7. The standard InChI is InChI=1S/C29H38F2O/c1-3-4-5-6-21-8-10-24(11-9-21)27-18-16-25(19-32-27)22-12-14-23(15-13-22)26-17-7-20(2)28(30)29(26)31/h7,12-15,17,21,24-25,27H,3-6,8-11,16,18-19H2,1-2H3. The molecule has 0 bridgehead atoms. The van der Waals surface area contributed by atoms with Crippen molar-refractivity contribution in [2.75, 3.05) is 6.61 Å². The van der Waals surface area contributed by atoms with E-state index in [1.54, 1.807) is 19.1 Å². The van der Waals surface area contributed by atoms with Gasteiger partial charge in [-0.15, -0.1) is 0 Å². The van der Waals surface area contributed by atoms with Crippen molar-refractivity contribution in [2.24, 2.45) is 11.8 Å². The molecule has 32 heavy (non-hydrogen) atoms. The fourth-order valence-corrected chi connectivity index (χ4v) is 5.74. The van der Waals surface area contributed by atoms with Crippen molar-refractivity contribution >= 4 is 0 Å². The molecule has 2 aromatic carbocycles. The summed E-state index contributed by atoms with van der Waals surface area (Å²) in [5.74, 6) is 0.555. The largest absolute Gasteiger partial charge is 0.377 e. The normalized spacial score (nSPS) is 26.2. The molecule has 0 aromatic heterocycles. The molecule has 4 rings (SSSR count). The lowest BCUT2D eigenvalue weighted by atomic mass is 9.75. The van der Waals surface area contributed by atoms with Crippen LogP contribution >= 0.6 is 0 Å². The van der Waals surface area contributed by atoms with Crippen molar-refractivity contribution in [3.05, 3.63) is 59.2 Å². The van der Waals surface area contributed by atoms with Gasteiger partial charge in [0, 0.05) is 11.5 Å². The number of ether oxygens (including phenoxy) is 1. The minimum absolute atomic E-state index is 0.324. The van der Waals surface area contributed by atoms with Crippen LogP contribution < -0.4 is 0 Å². The zero-order chi connectivity index (χ0) is 22.5. The maximum absolute atomic E-state index is 14.3. The predicted octanol–water partition coefficient (Wildman–Crippen LogP) is 8.59. The van der Waals surface area contributed by atoms with E-state index in [1.807, 2.05) is 12.1 Å². The lowest BCUT2D eigenvalue weighted by Gasteiger charge is -2.38. The minimum Gasteiger partial charge on any atom is -0.377 e. The Hall–Kier alpha value is -1.74. The van der Waals surface area contributed by atoms with Crippen LogP contribution in [0.1, 0.15) is 88.2 Å². The highest BCUT2D eigenvalue weighted by Gasteiger charge is 2.32. The zero-order valence-corrected chi connectivity index (χ0v) is 19.7. The maximum atomic E-state index is 14.3. The maximum Gasteiger partial charge on any atom is 0.166 e. The number of hydrogen-bond donors (Lipinski definition) is 0. The Morgan fingerprint density at radius 1 is 0.844 bits per heavy atom. The van der Waals surface area contributed by atoms with Crippen molar-refractivity contribution < 1.29 is 13.5 Å². The Kier molecular flexibility index (Phi) is 7.99. The third-order valence-electron chi connectivity index (χ3n) is 7.91. The number of hydrogen-bond acceptors (Lipinski definition) is 1. The average molecular weight is 441 g/mol. The van der Waals surface area contributed by atoms with Crippen LogP contribution in [-0.2, 0) is 4.74 Å². The van der Waals surface area contributed by atoms with Gasteiger partial charge in [0.25, 0.3) is 0 Å². The molecule has 1 heterocycles. The van der Waals surface area contributed by atoms with Gasteiger partial charge in [0.05, 0.1) is 12.7 Å². The number of benzene rings is 2. The Labute approximate surface area is 192 Å².